The molecule has 3 rings (SSSR count). The fraction of sp³-hybridized carbons (Fsp3) is 0.524. The maximum absolute atomic E-state index is 13.4. The second-order valence-corrected chi connectivity index (χ2v) is 8.35. The highest BCUT2D eigenvalue weighted by molar-refractivity contribution is 14.0. The van der Waals surface area contributed by atoms with Crippen LogP contribution in [0, 0.1) is 12.7 Å². The molecule has 0 amide bonds. The molecule has 1 aliphatic heterocycles. The largest absolute Gasteiger partial charge is 0.381 e. The van der Waals surface area contributed by atoms with Crippen molar-refractivity contribution in [2.24, 2.45) is 4.99 Å². The van der Waals surface area contributed by atoms with Crippen molar-refractivity contribution in [3.8, 4) is 0 Å². The molecular weight excluding hydrogens is 502 g/mol. The van der Waals surface area contributed by atoms with Crippen molar-refractivity contribution in [2.75, 3.05) is 33.4 Å². The van der Waals surface area contributed by atoms with Gasteiger partial charge in [-0.05, 0) is 44.4 Å². The van der Waals surface area contributed by atoms with Gasteiger partial charge in [-0.25, -0.2) is 9.37 Å². The van der Waals surface area contributed by atoms with E-state index in [4.69, 9.17) is 9.73 Å². The van der Waals surface area contributed by atoms with E-state index in [1.807, 2.05) is 26.1 Å². The molecule has 0 aliphatic carbocycles. The lowest BCUT2D eigenvalue weighted by atomic mass is 9.74. The van der Waals surface area contributed by atoms with E-state index in [9.17, 15) is 4.39 Å². The molecule has 5 nitrogen and oxygen atoms in total. The van der Waals surface area contributed by atoms with E-state index >= 15 is 0 Å². The molecule has 0 radical (unpaired) electrons. The Morgan fingerprint density at radius 3 is 2.59 bits per heavy atom. The van der Waals surface area contributed by atoms with Crippen LogP contribution in [0.3, 0.4) is 0 Å². The van der Waals surface area contributed by atoms with Gasteiger partial charge in [0.1, 0.15) is 5.82 Å². The molecular formula is C21H30FIN4OS. The summed E-state index contributed by atoms with van der Waals surface area (Å²) >= 11 is 1.66. The summed E-state index contributed by atoms with van der Waals surface area (Å²) in [6, 6.07) is 6.87. The van der Waals surface area contributed by atoms with Gasteiger partial charge in [-0.1, -0.05) is 12.1 Å². The summed E-state index contributed by atoms with van der Waals surface area (Å²) in [5, 5.41) is 6.55. The third-order valence-corrected chi connectivity index (χ3v) is 6.02. The second kappa shape index (κ2) is 11.2. The van der Waals surface area contributed by atoms with Crippen LogP contribution in [0.5, 0.6) is 0 Å². The highest BCUT2D eigenvalue weighted by Gasteiger charge is 2.34. The maximum atomic E-state index is 13.4. The smallest absolute Gasteiger partial charge is 0.194 e. The van der Waals surface area contributed by atoms with Crippen LogP contribution in [0.25, 0.3) is 0 Å². The fourth-order valence-corrected chi connectivity index (χ4v) is 4.20. The number of rotatable bonds is 6. The molecule has 1 fully saturated rings. The van der Waals surface area contributed by atoms with Crippen LogP contribution in [0.15, 0.2) is 34.6 Å². The van der Waals surface area contributed by atoms with Crippen molar-refractivity contribution in [3.63, 3.8) is 0 Å². The minimum Gasteiger partial charge on any atom is -0.381 e. The van der Waals surface area contributed by atoms with Gasteiger partial charge in [0.05, 0.1) is 23.8 Å². The van der Waals surface area contributed by atoms with Crippen molar-refractivity contribution in [1.29, 1.82) is 0 Å². The Kier molecular flexibility index (Phi) is 9.29. The van der Waals surface area contributed by atoms with Gasteiger partial charge in [0.15, 0.2) is 5.96 Å². The summed E-state index contributed by atoms with van der Waals surface area (Å²) < 4.78 is 19.0. The number of nitrogens with one attached hydrogen (secondary N) is 1. The van der Waals surface area contributed by atoms with Crippen LogP contribution in [0.4, 0.5) is 4.39 Å². The zero-order valence-corrected chi connectivity index (χ0v) is 20.4. The number of benzene rings is 1. The van der Waals surface area contributed by atoms with E-state index in [1.165, 1.54) is 12.1 Å². The molecule has 2 heterocycles. The van der Waals surface area contributed by atoms with Crippen LogP contribution in [-0.4, -0.2) is 49.2 Å². The first-order chi connectivity index (χ1) is 13.5. The summed E-state index contributed by atoms with van der Waals surface area (Å²) in [5.41, 5.74) is 2.06. The molecule has 160 valence electrons. The minimum atomic E-state index is -0.207. The van der Waals surface area contributed by atoms with Gasteiger partial charge in [0.25, 0.3) is 0 Å². The van der Waals surface area contributed by atoms with Crippen LogP contribution < -0.4 is 5.32 Å². The lowest BCUT2D eigenvalue weighted by molar-refractivity contribution is 0.0530. The van der Waals surface area contributed by atoms with Crippen LogP contribution >= 0.6 is 35.3 Å². The number of nitrogens with zero attached hydrogens (tertiary/aromatic N) is 3. The average Bonchev–Trinajstić information content (AvgIpc) is 3.11. The van der Waals surface area contributed by atoms with E-state index in [2.05, 4.69) is 27.5 Å². The normalized spacial score (nSPS) is 16.2. The van der Waals surface area contributed by atoms with E-state index in [0.29, 0.717) is 26.3 Å². The average molecular weight is 532 g/mol. The molecule has 0 spiro atoms. The van der Waals surface area contributed by atoms with Gasteiger partial charge in [0, 0.05) is 37.6 Å². The first-order valence-electron chi connectivity index (χ1n) is 9.77. The zero-order chi connectivity index (χ0) is 20.0. The van der Waals surface area contributed by atoms with E-state index in [0.717, 1.165) is 41.6 Å². The molecule has 1 N–H and O–H groups in total. The van der Waals surface area contributed by atoms with Gasteiger partial charge in [-0.3, -0.25) is 4.99 Å². The summed E-state index contributed by atoms with van der Waals surface area (Å²) in [7, 11) is 2.03. The molecule has 0 unspecified atom stereocenters. The number of hydrogen-bond donors (Lipinski definition) is 1. The fourth-order valence-electron chi connectivity index (χ4n) is 3.60. The van der Waals surface area contributed by atoms with E-state index in [-0.39, 0.29) is 35.2 Å². The lowest BCUT2D eigenvalue weighted by Gasteiger charge is -2.37. The number of hydrogen-bond acceptors (Lipinski definition) is 4. The van der Waals surface area contributed by atoms with Crippen molar-refractivity contribution in [2.45, 2.75) is 38.6 Å². The van der Waals surface area contributed by atoms with Gasteiger partial charge >= 0.3 is 0 Å². The Morgan fingerprint density at radius 2 is 2.00 bits per heavy atom. The number of aliphatic imine (C=N–C) groups is 1. The van der Waals surface area contributed by atoms with Gasteiger partial charge in [-0.2, -0.15) is 0 Å². The van der Waals surface area contributed by atoms with E-state index in [1.54, 1.807) is 11.3 Å². The van der Waals surface area contributed by atoms with Gasteiger partial charge in [0.2, 0.25) is 0 Å². The Morgan fingerprint density at radius 1 is 1.31 bits per heavy atom. The van der Waals surface area contributed by atoms with Crippen molar-refractivity contribution >= 4 is 41.3 Å². The van der Waals surface area contributed by atoms with Gasteiger partial charge in [-0.15, -0.1) is 35.3 Å². The van der Waals surface area contributed by atoms with Crippen molar-refractivity contribution < 1.29 is 9.13 Å². The monoisotopic (exact) mass is 532 g/mol. The lowest BCUT2D eigenvalue weighted by Crippen LogP contribution is -2.41. The van der Waals surface area contributed by atoms with E-state index < -0.39 is 0 Å². The number of halogens is 2. The number of aromatic nitrogens is 1. The summed E-state index contributed by atoms with van der Waals surface area (Å²) in [5.74, 6) is 0.655. The van der Waals surface area contributed by atoms with Crippen LogP contribution in [-0.2, 0) is 16.7 Å². The Bertz CT molecular complexity index is 790. The molecule has 8 heteroatoms. The maximum Gasteiger partial charge on any atom is 0.194 e. The SMILES string of the molecule is CCNC(=NCC1(c2ccc(F)cc2)CCOCC1)N(C)Cc1csc(C)n1.I. The summed E-state index contributed by atoms with van der Waals surface area (Å²) in [6.07, 6.45) is 1.77. The molecule has 1 aliphatic rings. The molecule has 0 saturated carbocycles. The highest BCUT2D eigenvalue weighted by atomic mass is 127. The second-order valence-electron chi connectivity index (χ2n) is 7.28. The predicted molar refractivity (Wildman–Crippen MR) is 128 cm³/mol. The number of guanidine groups is 1. The van der Waals surface area contributed by atoms with Crippen molar-refractivity contribution in [1.82, 2.24) is 15.2 Å². The number of thiazole rings is 1. The summed E-state index contributed by atoms with van der Waals surface area (Å²) in [6.45, 7) is 7.65. The molecule has 0 bridgehead atoms. The Balaban J connectivity index is 0.00000300. The standard InChI is InChI=1S/C21H29FN4OS.HI/c1-4-23-20(26(3)13-19-14-28-16(2)25-19)24-15-21(9-11-27-12-10-21)17-5-7-18(22)8-6-17;/h5-8,14H,4,9-13,15H2,1-3H3,(H,23,24);1H. The number of aryl methyl sites for hydroxylation is 1. The third kappa shape index (κ3) is 6.36. The predicted octanol–water partition coefficient (Wildman–Crippen LogP) is 4.35. The Labute approximate surface area is 193 Å². The van der Waals surface area contributed by atoms with Gasteiger partial charge < -0.3 is 15.0 Å². The zero-order valence-electron chi connectivity index (χ0n) is 17.3. The third-order valence-electron chi connectivity index (χ3n) is 5.20. The Hall–Kier alpha value is -1.26. The first-order valence-corrected chi connectivity index (χ1v) is 10.6. The van der Waals surface area contributed by atoms with Crippen LogP contribution in [0.2, 0.25) is 0 Å². The topological polar surface area (TPSA) is 49.8 Å². The highest BCUT2D eigenvalue weighted by Crippen LogP contribution is 2.35. The summed E-state index contributed by atoms with van der Waals surface area (Å²) in [4.78, 5) is 11.6. The first kappa shape index (κ1) is 24.0. The molecule has 1 saturated heterocycles. The molecule has 1 aromatic heterocycles. The molecule has 1 aromatic carbocycles. The molecule has 2 aromatic rings. The van der Waals surface area contributed by atoms with Crippen molar-refractivity contribution in [3.05, 3.63) is 51.7 Å². The number of ether oxygens (including phenoxy) is 1. The molecule has 29 heavy (non-hydrogen) atoms. The van der Waals surface area contributed by atoms with Crippen LogP contribution in [0.1, 0.15) is 36.0 Å². The minimum absolute atomic E-state index is 0. The quantitative estimate of drug-likeness (QED) is 0.342. The molecule has 0 atom stereocenters.